The molecule has 0 saturated carbocycles. The third-order valence-electron chi connectivity index (χ3n) is 2.31. The lowest BCUT2D eigenvalue weighted by atomic mass is 10.1. The molecule has 88 valence electrons. The molecule has 0 aliphatic heterocycles. The standard InChI is InChI=1S/C12H13N3O2/c1-8(13)11(16)15-12-10(7-14-17-12)9-5-3-2-4-6-9/h2-8H,13H2,1H3,(H,15,16). The zero-order valence-electron chi connectivity index (χ0n) is 9.38. The van der Waals surface area contributed by atoms with Gasteiger partial charge in [-0.15, -0.1) is 0 Å². The Morgan fingerprint density at radius 1 is 1.41 bits per heavy atom. The van der Waals surface area contributed by atoms with Crippen molar-refractivity contribution in [1.29, 1.82) is 0 Å². The predicted molar refractivity (Wildman–Crippen MR) is 64.2 cm³/mol. The van der Waals surface area contributed by atoms with Gasteiger partial charge in [-0.1, -0.05) is 35.5 Å². The summed E-state index contributed by atoms with van der Waals surface area (Å²) in [5, 5.41) is 6.28. The van der Waals surface area contributed by atoms with Crippen LogP contribution in [0.3, 0.4) is 0 Å². The van der Waals surface area contributed by atoms with Crippen molar-refractivity contribution in [2.75, 3.05) is 5.32 Å². The molecule has 0 bridgehead atoms. The fourth-order valence-electron chi connectivity index (χ4n) is 1.38. The van der Waals surface area contributed by atoms with Gasteiger partial charge in [-0.2, -0.15) is 0 Å². The van der Waals surface area contributed by atoms with Crippen molar-refractivity contribution in [3.63, 3.8) is 0 Å². The molecule has 0 aliphatic rings. The molecule has 0 radical (unpaired) electrons. The first kappa shape index (κ1) is 11.3. The third-order valence-corrected chi connectivity index (χ3v) is 2.31. The van der Waals surface area contributed by atoms with E-state index in [0.29, 0.717) is 5.88 Å². The Balaban J connectivity index is 2.27. The summed E-state index contributed by atoms with van der Waals surface area (Å²) in [5.41, 5.74) is 7.13. The second-order valence-corrected chi connectivity index (χ2v) is 3.71. The van der Waals surface area contributed by atoms with Crippen LogP contribution in [0.1, 0.15) is 6.92 Å². The molecule has 0 fully saturated rings. The maximum Gasteiger partial charge on any atom is 0.243 e. The lowest BCUT2D eigenvalue weighted by Gasteiger charge is -2.06. The highest BCUT2D eigenvalue weighted by molar-refractivity contribution is 5.96. The van der Waals surface area contributed by atoms with E-state index in [-0.39, 0.29) is 5.91 Å². The van der Waals surface area contributed by atoms with Gasteiger partial charge in [0.2, 0.25) is 11.8 Å². The van der Waals surface area contributed by atoms with Crippen LogP contribution >= 0.6 is 0 Å². The minimum atomic E-state index is -0.594. The summed E-state index contributed by atoms with van der Waals surface area (Å²) in [5.74, 6) is 0.0115. The zero-order chi connectivity index (χ0) is 12.3. The highest BCUT2D eigenvalue weighted by Crippen LogP contribution is 2.27. The number of amides is 1. The molecule has 0 aliphatic carbocycles. The van der Waals surface area contributed by atoms with Crippen molar-refractivity contribution in [2.24, 2.45) is 5.73 Å². The Morgan fingerprint density at radius 2 is 2.12 bits per heavy atom. The highest BCUT2D eigenvalue weighted by atomic mass is 16.5. The van der Waals surface area contributed by atoms with Gasteiger partial charge in [0.05, 0.1) is 17.8 Å². The molecular formula is C12H13N3O2. The fraction of sp³-hybridized carbons (Fsp3) is 0.167. The monoisotopic (exact) mass is 231 g/mol. The lowest BCUT2D eigenvalue weighted by Crippen LogP contribution is -2.32. The first-order chi connectivity index (χ1) is 8.18. The molecule has 2 rings (SSSR count). The van der Waals surface area contributed by atoms with E-state index in [1.54, 1.807) is 13.1 Å². The Morgan fingerprint density at radius 3 is 2.76 bits per heavy atom. The van der Waals surface area contributed by atoms with Gasteiger partial charge in [-0.05, 0) is 12.5 Å². The summed E-state index contributed by atoms with van der Waals surface area (Å²) in [4.78, 5) is 11.5. The normalized spacial score (nSPS) is 12.1. The molecule has 17 heavy (non-hydrogen) atoms. The molecule has 3 N–H and O–H groups in total. The summed E-state index contributed by atoms with van der Waals surface area (Å²) < 4.78 is 5.00. The first-order valence-electron chi connectivity index (χ1n) is 5.25. The Kier molecular flexibility index (Phi) is 3.20. The van der Waals surface area contributed by atoms with Crippen LogP contribution in [0.4, 0.5) is 5.88 Å². The van der Waals surface area contributed by atoms with Crippen molar-refractivity contribution in [3.05, 3.63) is 36.5 Å². The summed E-state index contributed by atoms with van der Waals surface area (Å²) in [6.45, 7) is 1.61. The van der Waals surface area contributed by atoms with Crippen molar-refractivity contribution < 1.29 is 9.32 Å². The summed E-state index contributed by atoms with van der Waals surface area (Å²) in [6, 6.07) is 8.95. The van der Waals surface area contributed by atoms with Crippen LogP contribution in [0.2, 0.25) is 0 Å². The van der Waals surface area contributed by atoms with Gasteiger partial charge in [0.1, 0.15) is 0 Å². The number of carbonyl (C=O) groups is 1. The van der Waals surface area contributed by atoms with Crippen LogP contribution in [0.5, 0.6) is 0 Å². The molecule has 5 nitrogen and oxygen atoms in total. The molecule has 1 atom stereocenters. The maximum atomic E-state index is 11.5. The van der Waals surface area contributed by atoms with E-state index in [2.05, 4.69) is 10.5 Å². The topological polar surface area (TPSA) is 81.2 Å². The average Bonchev–Trinajstić information content (AvgIpc) is 2.78. The summed E-state index contributed by atoms with van der Waals surface area (Å²) in [7, 11) is 0. The molecular weight excluding hydrogens is 218 g/mol. The molecule has 5 heteroatoms. The van der Waals surface area contributed by atoms with Crippen LogP contribution in [0, 0.1) is 0 Å². The number of nitrogens with one attached hydrogen (secondary N) is 1. The molecule has 1 amide bonds. The number of anilines is 1. The van der Waals surface area contributed by atoms with E-state index in [9.17, 15) is 4.79 Å². The fourth-order valence-corrected chi connectivity index (χ4v) is 1.38. The summed E-state index contributed by atoms with van der Waals surface area (Å²) >= 11 is 0. The average molecular weight is 231 g/mol. The van der Waals surface area contributed by atoms with Crippen LogP contribution in [-0.2, 0) is 4.79 Å². The Hall–Kier alpha value is -2.14. The highest BCUT2D eigenvalue weighted by Gasteiger charge is 2.15. The molecule has 1 heterocycles. The summed E-state index contributed by atoms with van der Waals surface area (Å²) in [6.07, 6.45) is 1.56. The van der Waals surface area contributed by atoms with Gasteiger partial charge >= 0.3 is 0 Å². The number of nitrogens with two attached hydrogens (primary N) is 1. The quantitative estimate of drug-likeness (QED) is 0.841. The van der Waals surface area contributed by atoms with Gasteiger partial charge in [-0.25, -0.2) is 0 Å². The maximum absolute atomic E-state index is 11.5. The van der Waals surface area contributed by atoms with Gasteiger partial charge < -0.3 is 10.3 Å². The second kappa shape index (κ2) is 4.80. The van der Waals surface area contributed by atoms with Crippen molar-refractivity contribution >= 4 is 11.8 Å². The number of nitrogens with zero attached hydrogens (tertiary/aromatic N) is 1. The van der Waals surface area contributed by atoms with Gasteiger partial charge in [0.15, 0.2) is 0 Å². The molecule has 1 unspecified atom stereocenters. The van der Waals surface area contributed by atoms with E-state index in [1.165, 1.54) is 0 Å². The Labute approximate surface area is 98.6 Å². The zero-order valence-corrected chi connectivity index (χ0v) is 9.38. The Bertz CT molecular complexity index is 505. The third kappa shape index (κ3) is 2.51. The number of benzene rings is 1. The van der Waals surface area contributed by atoms with Gasteiger partial charge in [0.25, 0.3) is 0 Å². The van der Waals surface area contributed by atoms with Gasteiger partial charge in [0, 0.05) is 0 Å². The second-order valence-electron chi connectivity index (χ2n) is 3.71. The van der Waals surface area contributed by atoms with Crippen molar-refractivity contribution in [1.82, 2.24) is 5.16 Å². The number of hydrogen-bond donors (Lipinski definition) is 2. The van der Waals surface area contributed by atoms with E-state index in [1.807, 2.05) is 30.3 Å². The van der Waals surface area contributed by atoms with Crippen molar-refractivity contribution in [3.8, 4) is 11.1 Å². The van der Waals surface area contributed by atoms with E-state index in [4.69, 9.17) is 10.3 Å². The van der Waals surface area contributed by atoms with Gasteiger partial charge in [-0.3, -0.25) is 10.1 Å². The predicted octanol–water partition coefficient (Wildman–Crippen LogP) is 1.63. The SMILES string of the molecule is CC(N)C(=O)Nc1oncc1-c1ccccc1. The molecule has 1 aromatic heterocycles. The number of rotatable bonds is 3. The molecule has 1 aromatic carbocycles. The lowest BCUT2D eigenvalue weighted by molar-refractivity contribution is -0.117. The largest absolute Gasteiger partial charge is 0.338 e. The van der Waals surface area contributed by atoms with Crippen LogP contribution in [0.25, 0.3) is 11.1 Å². The smallest absolute Gasteiger partial charge is 0.243 e. The first-order valence-corrected chi connectivity index (χ1v) is 5.25. The minimum absolute atomic E-state index is 0.307. The van der Waals surface area contributed by atoms with E-state index >= 15 is 0 Å². The molecule has 2 aromatic rings. The molecule has 0 spiro atoms. The number of carbonyl (C=O) groups excluding carboxylic acids is 1. The van der Waals surface area contributed by atoms with Crippen LogP contribution in [0.15, 0.2) is 41.1 Å². The molecule has 0 saturated heterocycles. The van der Waals surface area contributed by atoms with E-state index in [0.717, 1.165) is 11.1 Å². The minimum Gasteiger partial charge on any atom is -0.338 e. The van der Waals surface area contributed by atoms with Crippen LogP contribution in [-0.4, -0.2) is 17.1 Å². The van der Waals surface area contributed by atoms with Crippen LogP contribution < -0.4 is 11.1 Å². The van der Waals surface area contributed by atoms with Crippen molar-refractivity contribution in [2.45, 2.75) is 13.0 Å². The number of aromatic nitrogens is 1. The van der Waals surface area contributed by atoms with E-state index < -0.39 is 6.04 Å². The number of hydrogen-bond acceptors (Lipinski definition) is 4.